The average Bonchev–Trinajstić information content (AvgIpc) is 2.16. The molecule has 1 unspecified atom stereocenters. The minimum atomic E-state index is 0. The summed E-state index contributed by atoms with van der Waals surface area (Å²) >= 11 is 0. The van der Waals surface area contributed by atoms with E-state index in [1.807, 2.05) is 24.4 Å². The van der Waals surface area contributed by atoms with Crippen molar-refractivity contribution in [3.8, 4) is 0 Å². The van der Waals surface area contributed by atoms with E-state index in [2.05, 4.69) is 24.1 Å². The van der Waals surface area contributed by atoms with E-state index in [0.717, 1.165) is 18.7 Å². The van der Waals surface area contributed by atoms with Crippen LogP contribution in [0.4, 0.5) is 0 Å². The van der Waals surface area contributed by atoms with Crippen molar-refractivity contribution in [2.45, 2.75) is 32.9 Å². The first-order chi connectivity index (χ1) is 5.83. The van der Waals surface area contributed by atoms with Crippen molar-refractivity contribution in [2.24, 2.45) is 0 Å². The summed E-state index contributed by atoms with van der Waals surface area (Å²) in [6.07, 6.45) is 2.99. The molecule has 13 heavy (non-hydrogen) atoms. The molecule has 0 spiro atoms. The molecule has 0 radical (unpaired) electrons. The largest absolute Gasteiger partial charge is 0.309 e. The van der Waals surface area contributed by atoms with Gasteiger partial charge in [0.2, 0.25) is 0 Å². The average molecular weight is 201 g/mol. The highest BCUT2D eigenvalue weighted by atomic mass is 35.5. The van der Waals surface area contributed by atoms with E-state index in [9.17, 15) is 0 Å². The molecule has 3 heteroatoms. The Morgan fingerprint density at radius 3 is 2.77 bits per heavy atom. The minimum Gasteiger partial charge on any atom is -0.309 e. The maximum Gasteiger partial charge on any atom is 0.0541 e. The van der Waals surface area contributed by atoms with E-state index < -0.39 is 0 Å². The molecule has 0 saturated heterocycles. The minimum absolute atomic E-state index is 0. The first-order valence-electron chi connectivity index (χ1n) is 4.46. The summed E-state index contributed by atoms with van der Waals surface area (Å²) in [6.45, 7) is 5.23. The maximum absolute atomic E-state index is 4.22. The van der Waals surface area contributed by atoms with Gasteiger partial charge in [-0.05, 0) is 25.5 Å². The topological polar surface area (TPSA) is 24.9 Å². The van der Waals surface area contributed by atoms with Gasteiger partial charge in [-0.1, -0.05) is 13.0 Å². The van der Waals surface area contributed by atoms with Gasteiger partial charge in [0, 0.05) is 18.8 Å². The van der Waals surface area contributed by atoms with Gasteiger partial charge in [0.05, 0.1) is 5.69 Å². The highest BCUT2D eigenvalue weighted by Crippen LogP contribution is 1.94. The first-order valence-corrected chi connectivity index (χ1v) is 4.46. The van der Waals surface area contributed by atoms with E-state index in [1.54, 1.807) is 0 Å². The summed E-state index contributed by atoms with van der Waals surface area (Å²) in [7, 11) is 0. The second kappa shape index (κ2) is 6.87. The maximum atomic E-state index is 4.22. The molecule has 0 aliphatic heterocycles. The lowest BCUT2D eigenvalue weighted by Crippen LogP contribution is -2.24. The normalized spacial score (nSPS) is 11.8. The van der Waals surface area contributed by atoms with E-state index in [-0.39, 0.29) is 12.4 Å². The van der Waals surface area contributed by atoms with E-state index >= 15 is 0 Å². The molecule has 0 aliphatic carbocycles. The molecule has 2 nitrogen and oxygen atoms in total. The molecule has 0 aromatic carbocycles. The molecular weight excluding hydrogens is 184 g/mol. The summed E-state index contributed by atoms with van der Waals surface area (Å²) in [4.78, 5) is 4.22. The molecule has 1 rings (SSSR count). The number of aromatic nitrogens is 1. The quantitative estimate of drug-likeness (QED) is 0.808. The van der Waals surface area contributed by atoms with Crippen LogP contribution in [0.2, 0.25) is 0 Å². The third-order valence-electron chi connectivity index (χ3n) is 1.97. The van der Waals surface area contributed by atoms with Crippen LogP contribution in [0, 0.1) is 0 Å². The van der Waals surface area contributed by atoms with E-state index in [1.165, 1.54) is 0 Å². The SMILES string of the molecule is CCC(C)NCc1ccccn1.Cl. The van der Waals surface area contributed by atoms with Gasteiger partial charge < -0.3 is 5.32 Å². The Hall–Kier alpha value is -0.600. The lowest BCUT2D eigenvalue weighted by molar-refractivity contribution is 0.529. The molecule has 1 aromatic rings. The molecule has 1 heterocycles. The molecular formula is C10H17ClN2. The van der Waals surface area contributed by atoms with Crippen LogP contribution in [0.5, 0.6) is 0 Å². The Balaban J connectivity index is 0.00000144. The molecule has 1 aromatic heterocycles. The van der Waals surface area contributed by atoms with Crippen LogP contribution in [-0.2, 0) is 6.54 Å². The van der Waals surface area contributed by atoms with Crippen molar-refractivity contribution in [1.82, 2.24) is 10.3 Å². The van der Waals surface area contributed by atoms with Gasteiger partial charge in [-0.25, -0.2) is 0 Å². The van der Waals surface area contributed by atoms with Gasteiger partial charge in [0.15, 0.2) is 0 Å². The van der Waals surface area contributed by atoms with Crippen molar-refractivity contribution in [3.63, 3.8) is 0 Å². The number of rotatable bonds is 4. The predicted octanol–water partition coefficient (Wildman–Crippen LogP) is 2.39. The van der Waals surface area contributed by atoms with Crippen LogP contribution in [0.25, 0.3) is 0 Å². The van der Waals surface area contributed by atoms with Gasteiger partial charge in [-0.2, -0.15) is 0 Å². The second-order valence-corrected chi connectivity index (χ2v) is 3.01. The van der Waals surface area contributed by atoms with Gasteiger partial charge in [0.25, 0.3) is 0 Å². The second-order valence-electron chi connectivity index (χ2n) is 3.01. The zero-order valence-electron chi connectivity index (χ0n) is 8.16. The van der Waals surface area contributed by atoms with Crippen LogP contribution >= 0.6 is 12.4 Å². The van der Waals surface area contributed by atoms with E-state index in [4.69, 9.17) is 0 Å². The monoisotopic (exact) mass is 200 g/mol. The highest BCUT2D eigenvalue weighted by molar-refractivity contribution is 5.85. The predicted molar refractivity (Wildman–Crippen MR) is 58.1 cm³/mol. The van der Waals surface area contributed by atoms with Crippen molar-refractivity contribution < 1.29 is 0 Å². The summed E-state index contributed by atoms with van der Waals surface area (Å²) in [6, 6.07) is 6.56. The Kier molecular flexibility index (Phi) is 6.55. The number of halogens is 1. The molecule has 74 valence electrons. The third kappa shape index (κ3) is 4.86. The van der Waals surface area contributed by atoms with Gasteiger partial charge >= 0.3 is 0 Å². The van der Waals surface area contributed by atoms with Gasteiger partial charge in [-0.3, -0.25) is 4.98 Å². The number of pyridine rings is 1. The summed E-state index contributed by atoms with van der Waals surface area (Å²) in [5, 5.41) is 3.39. The smallest absolute Gasteiger partial charge is 0.0541 e. The number of hydrogen-bond donors (Lipinski definition) is 1. The Morgan fingerprint density at radius 2 is 2.23 bits per heavy atom. The Bertz CT molecular complexity index is 213. The first kappa shape index (κ1) is 12.4. The number of hydrogen-bond acceptors (Lipinski definition) is 2. The van der Waals surface area contributed by atoms with Crippen molar-refractivity contribution in [3.05, 3.63) is 30.1 Å². The lowest BCUT2D eigenvalue weighted by atomic mass is 10.2. The zero-order chi connectivity index (χ0) is 8.81. The fraction of sp³-hybridized carbons (Fsp3) is 0.500. The molecule has 0 aliphatic rings. The Morgan fingerprint density at radius 1 is 1.46 bits per heavy atom. The number of nitrogens with zero attached hydrogens (tertiary/aromatic N) is 1. The molecule has 1 atom stereocenters. The zero-order valence-corrected chi connectivity index (χ0v) is 8.97. The fourth-order valence-corrected chi connectivity index (χ4v) is 0.926. The third-order valence-corrected chi connectivity index (χ3v) is 1.97. The summed E-state index contributed by atoms with van der Waals surface area (Å²) in [5.74, 6) is 0. The highest BCUT2D eigenvalue weighted by Gasteiger charge is 1.97. The van der Waals surface area contributed by atoms with Gasteiger partial charge in [0.1, 0.15) is 0 Å². The van der Waals surface area contributed by atoms with Crippen LogP contribution in [0.3, 0.4) is 0 Å². The number of nitrogens with one attached hydrogen (secondary N) is 1. The van der Waals surface area contributed by atoms with Crippen LogP contribution in [0.1, 0.15) is 26.0 Å². The summed E-state index contributed by atoms with van der Waals surface area (Å²) in [5.41, 5.74) is 1.11. The molecule has 0 amide bonds. The van der Waals surface area contributed by atoms with Crippen molar-refractivity contribution in [2.75, 3.05) is 0 Å². The molecule has 1 N–H and O–H groups in total. The van der Waals surface area contributed by atoms with Crippen LogP contribution in [0.15, 0.2) is 24.4 Å². The molecule has 0 saturated carbocycles. The fourth-order valence-electron chi connectivity index (χ4n) is 0.926. The van der Waals surface area contributed by atoms with Crippen molar-refractivity contribution in [1.29, 1.82) is 0 Å². The Labute approximate surface area is 86.2 Å². The van der Waals surface area contributed by atoms with E-state index in [0.29, 0.717) is 6.04 Å². The molecule has 0 fully saturated rings. The van der Waals surface area contributed by atoms with Gasteiger partial charge in [-0.15, -0.1) is 12.4 Å². The lowest BCUT2D eigenvalue weighted by Gasteiger charge is -2.09. The summed E-state index contributed by atoms with van der Waals surface area (Å²) < 4.78 is 0. The van der Waals surface area contributed by atoms with Crippen LogP contribution in [-0.4, -0.2) is 11.0 Å². The standard InChI is InChI=1S/C10H16N2.ClH/c1-3-9(2)12-8-10-6-4-5-7-11-10;/h4-7,9,12H,3,8H2,1-2H3;1H. The molecule has 0 bridgehead atoms. The van der Waals surface area contributed by atoms with Crippen LogP contribution < -0.4 is 5.32 Å². The van der Waals surface area contributed by atoms with Crippen molar-refractivity contribution >= 4 is 12.4 Å².